The van der Waals surface area contributed by atoms with Crippen LogP contribution in [-0.4, -0.2) is 46.1 Å². The Bertz CT molecular complexity index is 1270. The normalized spacial score (nSPS) is 14.2. The summed E-state index contributed by atoms with van der Waals surface area (Å²) in [6.07, 6.45) is 1.52. The smallest absolute Gasteiger partial charge is 0.355 e. The second kappa shape index (κ2) is 7.78. The quantitative estimate of drug-likeness (QED) is 0.477. The third-order valence-corrected chi connectivity index (χ3v) is 7.43. The summed E-state index contributed by atoms with van der Waals surface area (Å²) >= 11 is 0.986. The fourth-order valence-corrected chi connectivity index (χ4v) is 5.03. The van der Waals surface area contributed by atoms with Gasteiger partial charge < -0.3 is 5.11 Å². The first-order valence-electron chi connectivity index (χ1n) is 9.03. The van der Waals surface area contributed by atoms with Crippen LogP contribution in [0.2, 0.25) is 0 Å². The van der Waals surface area contributed by atoms with Crippen LogP contribution in [0.3, 0.4) is 0 Å². The van der Waals surface area contributed by atoms with Crippen LogP contribution in [-0.2, 0) is 16.4 Å². The van der Waals surface area contributed by atoms with E-state index in [1.807, 2.05) is 0 Å². The highest BCUT2D eigenvalue weighted by Gasteiger charge is 2.35. The van der Waals surface area contributed by atoms with E-state index in [4.69, 9.17) is 5.11 Å². The van der Waals surface area contributed by atoms with Crippen molar-refractivity contribution in [1.29, 1.82) is 0 Å². The first-order valence-corrected chi connectivity index (χ1v) is 11.5. The van der Waals surface area contributed by atoms with Crippen LogP contribution in [0.15, 0.2) is 34.4 Å². The summed E-state index contributed by atoms with van der Waals surface area (Å²) in [7, 11) is -3.31. The van der Waals surface area contributed by atoms with Gasteiger partial charge in [0.2, 0.25) is 15.2 Å². The maximum atomic E-state index is 14.5. The van der Waals surface area contributed by atoms with Gasteiger partial charge in [-0.15, -0.1) is 11.3 Å². The number of nitrogens with one attached hydrogen (secondary N) is 2. The number of nitrogens with zero attached hydrogens (tertiary/aromatic N) is 2. The Morgan fingerprint density at radius 3 is 2.77 bits per heavy atom. The van der Waals surface area contributed by atoms with Gasteiger partial charge in [-0.3, -0.25) is 9.89 Å². The van der Waals surface area contributed by atoms with E-state index in [1.54, 1.807) is 6.07 Å². The Morgan fingerprint density at radius 2 is 2.13 bits per heavy atom. The van der Waals surface area contributed by atoms with Crippen LogP contribution < -0.4 is 10.3 Å². The van der Waals surface area contributed by atoms with Gasteiger partial charge in [0.05, 0.1) is 10.9 Å². The molecule has 1 aliphatic carbocycles. The number of carboxylic acids is 1. The number of rotatable bonds is 8. The number of hydrogen-bond acceptors (Lipinski definition) is 6. The van der Waals surface area contributed by atoms with Gasteiger partial charge in [-0.2, -0.15) is 4.68 Å². The van der Waals surface area contributed by atoms with Crippen molar-refractivity contribution < 1.29 is 22.7 Å². The van der Waals surface area contributed by atoms with Gasteiger partial charge in [-0.1, -0.05) is 12.1 Å². The Hall–Kier alpha value is -2.83. The van der Waals surface area contributed by atoms with E-state index < -0.39 is 27.4 Å². The summed E-state index contributed by atoms with van der Waals surface area (Å²) in [6, 6.07) is 5.68. The Labute approximate surface area is 174 Å². The van der Waals surface area contributed by atoms with Crippen molar-refractivity contribution in [3.8, 4) is 16.4 Å². The number of aromatic carboxylic acids is 1. The molecule has 1 saturated carbocycles. The van der Waals surface area contributed by atoms with E-state index in [0.717, 1.165) is 16.0 Å². The van der Waals surface area contributed by atoms with Crippen LogP contribution in [0.1, 0.15) is 28.9 Å². The van der Waals surface area contributed by atoms with E-state index in [9.17, 15) is 22.4 Å². The summed E-state index contributed by atoms with van der Waals surface area (Å²) in [5.74, 6) is -1.72. The van der Waals surface area contributed by atoms with Crippen molar-refractivity contribution in [3.63, 3.8) is 0 Å². The number of hydrogen-bond donors (Lipinski definition) is 3. The van der Waals surface area contributed by atoms with E-state index in [2.05, 4.69) is 14.8 Å². The van der Waals surface area contributed by atoms with Gasteiger partial charge in [0.25, 0.3) is 5.56 Å². The molecule has 0 amide bonds. The molecule has 9 nitrogen and oxygen atoms in total. The van der Waals surface area contributed by atoms with Crippen molar-refractivity contribution in [2.45, 2.75) is 24.5 Å². The molecule has 3 aromatic rings. The second-order valence-corrected chi connectivity index (χ2v) is 9.74. The maximum absolute atomic E-state index is 14.5. The summed E-state index contributed by atoms with van der Waals surface area (Å²) in [6.45, 7) is 0.109. The molecule has 30 heavy (non-hydrogen) atoms. The lowest BCUT2D eigenvalue weighted by Gasteiger charge is -2.07. The Balaban J connectivity index is 1.50. The molecule has 0 spiro atoms. The number of carboxylic acid groups (broad SMARTS) is 1. The van der Waals surface area contributed by atoms with Crippen LogP contribution in [0.4, 0.5) is 4.39 Å². The molecular formula is C18H17FN4O5S2. The number of H-pyrrole nitrogens is 1. The van der Waals surface area contributed by atoms with Gasteiger partial charge in [0.15, 0.2) is 5.69 Å². The second-order valence-electron chi connectivity index (χ2n) is 6.86. The highest BCUT2D eigenvalue weighted by molar-refractivity contribution is 7.90. The molecule has 2 aromatic heterocycles. The van der Waals surface area contributed by atoms with Crippen LogP contribution >= 0.6 is 11.3 Å². The van der Waals surface area contributed by atoms with Gasteiger partial charge >= 0.3 is 5.97 Å². The molecule has 12 heteroatoms. The molecule has 1 aromatic carbocycles. The Kier molecular flexibility index (Phi) is 5.30. The van der Waals surface area contributed by atoms with E-state index in [1.165, 1.54) is 23.6 Å². The molecule has 1 aliphatic rings. The monoisotopic (exact) mass is 452 g/mol. The molecule has 0 atom stereocenters. The lowest BCUT2D eigenvalue weighted by atomic mass is 10.1. The predicted octanol–water partition coefficient (Wildman–Crippen LogP) is 1.75. The average Bonchev–Trinajstić information content (AvgIpc) is 3.32. The lowest BCUT2D eigenvalue weighted by Crippen LogP contribution is -2.29. The van der Waals surface area contributed by atoms with Crippen molar-refractivity contribution in [2.24, 2.45) is 0 Å². The predicted molar refractivity (Wildman–Crippen MR) is 108 cm³/mol. The highest BCUT2D eigenvalue weighted by atomic mass is 32.2. The summed E-state index contributed by atoms with van der Waals surface area (Å²) < 4.78 is 41.7. The highest BCUT2D eigenvalue weighted by Crippen LogP contribution is 2.27. The summed E-state index contributed by atoms with van der Waals surface area (Å²) in [4.78, 5) is 27.1. The Morgan fingerprint density at radius 1 is 1.37 bits per heavy atom. The van der Waals surface area contributed by atoms with Crippen LogP contribution in [0, 0.1) is 5.82 Å². The molecule has 0 aliphatic heterocycles. The average molecular weight is 452 g/mol. The largest absolute Gasteiger partial charge is 0.476 e. The standard InChI is InChI=1S/C18H17FN4O5S2/c19-13-7-11(2-1-10(13)5-6-20-30(27,28)12-3-4-12)14-8-16(24)23(22-14)18-21-15(9-29-18)17(25)26/h1-2,7-9,12,20,22H,3-6H2,(H,25,26). The van der Waals surface area contributed by atoms with E-state index in [0.29, 0.717) is 29.7 Å². The fraction of sp³-hybridized carbons (Fsp3) is 0.278. The zero-order valence-electron chi connectivity index (χ0n) is 15.5. The van der Waals surface area contributed by atoms with Crippen molar-refractivity contribution in [3.05, 3.63) is 57.1 Å². The van der Waals surface area contributed by atoms with Gasteiger partial charge in [0, 0.05) is 23.6 Å². The number of carbonyl (C=O) groups is 1. The number of aromatic amines is 1. The molecule has 0 bridgehead atoms. The third-order valence-electron chi connectivity index (χ3n) is 4.65. The fourth-order valence-electron chi connectivity index (χ4n) is 2.89. The summed E-state index contributed by atoms with van der Waals surface area (Å²) in [5.41, 5.74) is 0.471. The number of aromatic nitrogens is 3. The van der Waals surface area contributed by atoms with Crippen molar-refractivity contribution >= 4 is 27.3 Å². The number of benzene rings is 1. The lowest BCUT2D eigenvalue weighted by molar-refractivity contribution is 0.0691. The van der Waals surface area contributed by atoms with Gasteiger partial charge in [-0.25, -0.2) is 27.3 Å². The zero-order chi connectivity index (χ0) is 21.5. The first kappa shape index (κ1) is 20.4. The number of halogens is 1. The van der Waals surface area contributed by atoms with Gasteiger partial charge in [0.1, 0.15) is 5.82 Å². The molecular weight excluding hydrogens is 435 g/mol. The van der Waals surface area contributed by atoms with Crippen LogP contribution in [0.25, 0.3) is 16.4 Å². The summed E-state index contributed by atoms with van der Waals surface area (Å²) in [5, 5.41) is 12.9. The first-order chi connectivity index (χ1) is 14.2. The number of thiazole rings is 1. The minimum atomic E-state index is -3.31. The molecule has 1 fully saturated rings. The van der Waals surface area contributed by atoms with Crippen molar-refractivity contribution in [1.82, 2.24) is 19.5 Å². The maximum Gasteiger partial charge on any atom is 0.355 e. The number of sulfonamides is 1. The molecule has 3 N–H and O–H groups in total. The third kappa shape index (κ3) is 4.20. The van der Waals surface area contributed by atoms with Crippen molar-refractivity contribution in [2.75, 3.05) is 6.54 Å². The minimum Gasteiger partial charge on any atom is -0.476 e. The minimum absolute atomic E-state index is 0.109. The SMILES string of the molecule is O=C(O)c1csc(-n2[nH]c(-c3ccc(CCNS(=O)(=O)C4CC4)c(F)c3)cc2=O)n1. The molecule has 0 radical (unpaired) electrons. The van der Waals surface area contributed by atoms with E-state index >= 15 is 0 Å². The van der Waals surface area contributed by atoms with Crippen LogP contribution in [0.5, 0.6) is 0 Å². The van der Waals surface area contributed by atoms with Gasteiger partial charge in [-0.05, 0) is 30.9 Å². The molecule has 0 saturated heterocycles. The molecule has 158 valence electrons. The topological polar surface area (TPSA) is 134 Å². The molecule has 0 unspecified atom stereocenters. The zero-order valence-corrected chi connectivity index (χ0v) is 17.1. The molecule has 4 rings (SSSR count). The van der Waals surface area contributed by atoms with E-state index in [-0.39, 0.29) is 29.0 Å². The molecule has 2 heterocycles.